The summed E-state index contributed by atoms with van der Waals surface area (Å²) in [5.74, 6) is 0.884. The molecule has 0 N–H and O–H groups in total. The van der Waals surface area contributed by atoms with Crippen LogP contribution in [0.5, 0.6) is 0 Å². The Kier molecular flexibility index (Phi) is 4.06. The van der Waals surface area contributed by atoms with E-state index in [9.17, 15) is 4.79 Å². The fourth-order valence-electron chi connectivity index (χ4n) is 1.71. The molecule has 0 atom stereocenters. The van der Waals surface area contributed by atoms with Crippen LogP contribution in [0.2, 0.25) is 0 Å². The van der Waals surface area contributed by atoms with Gasteiger partial charge in [-0.15, -0.1) is 0 Å². The molecule has 0 fully saturated rings. The molecule has 0 aliphatic rings. The maximum absolute atomic E-state index is 11.0. The van der Waals surface area contributed by atoms with Crippen molar-refractivity contribution < 1.29 is 4.79 Å². The van der Waals surface area contributed by atoms with Crippen molar-refractivity contribution in [3.05, 3.63) is 11.3 Å². The summed E-state index contributed by atoms with van der Waals surface area (Å²) in [6.07, 6.45) is 0.879. The van der Waals surface area contributed by atoms with E-state index < -0.39 is 0 Å². The first-order chi connectivity index (χ1) is 7.47. The predicted molar refractivity (Wildman–Crippen MR) is 65.2 cm³/mol. The molecule has 0 aliphatic heterocycles. The van der Waals surface area contributed by atoms with Gasteiger partial charge in [0.1, 0.15) is 5.82 Å². The summed E-state index contributed by atoms with van der Waals surface area (Å²) in [6, 6.07) is 0. The maximum atomic E-state index is 11.0. The van der Waals surface area contributed by atoms with Crippen molar-refractivity contribution in [3.63, 3.8) is 0 Å². The number of rotatable bonds is 5. The average Bonchev–Trinajstić information content (AvgIpc) is 2.49. The highest BCUT2D eigenvalue weighted by Crippen LogP contribution is 2.19. The van der Waals surface area contributed by atoms with E-state index in [-0.39, 0.29) is 0 Å². The fourth-order valence-corrected chi connectivity index (χ4v) is 1.71. The summed E-state index contributed by atoms with van der Waals surface area (Å²) in [7, 11) is 7.90. The van der Waals surface area contributed by atoms with Crippen LogP contribution in [0.3, 0.4) is 0 Å². The quantitative estimate of drug-likeness (QED) is 0.685. The second-order valence-corrected chi connectivity index (χ2v) is 4.29. The Morgan fingerprint density at radius 2 is 1.94 bits per heavy atom. The molecule has 5 heteroatoms. The van der Waals surface area contributed by atoms with Gasteiger partial charge in [0, 0.05) is 27.2 Å². The molecule has 0 aromatic carbocycles. The number of anilines is 1. The van der Waals surface area contributed by atoms with Gasteiger partial charge in [-0.1, -0.05) is 0 Å². The summed E-state index contributed by atoms with van der Waals surface area (Å²) < 4.78 is 1.76. The summed E-state index contributed by atoms with van der Waals surface area (Å²) in [4.78, 5) is 15.2. The van der Waals surface area contributed by atoms with Gasteiger partial charge in [0.25, 0.3) is 0 Å². The zero-order chi connectivity index (χ0) is 12.3. The van der Waals surface area contributed by atoms with Crippen LogP contribution in [0.1, 0.15) is 16.1 Å². The van der Waals surface area contributed by atoms with Crippen LogP contribution >= 0.6 is 0 Å². The van der Waals surface area contributed by atoms with Crippen molar-refractivity contribution in [3.8, 4) is 0 Å². The first kappa shape index (κ1) is 12.7. The number of aromatic nitrogens is 2. The molecule has 0 saturated carbocycles. The van der Waals surface area contributed by atoms with Crippen molar-refractivity contribution in [2.75, 3.05) is 39.1 Å². The van der Waals surface area contributed by atoms with Gasteiger partial charge in [-0.25, -0.2) is 0 Å². The Bertz CT molecular complexity index is 370. The van der Waals surface area contributed by atoms with Crippen LogP contribution in [0.15, 0.2) is 0 Å². The number of carbonyl (C=O) groups excluding carboxylic acids is 1. The molecule has 1 aromatic heterocycles. The molecular formula is C11H20N4O. The molecular weight excluding hydrogens is 204 g/mol. The highest BCUT2D eigenvalue weighted by atomic mass is 16.1. The predicted octanol–water partition coefficient (Wildman–Crippen LogP) is 0.539. The van der Waals surface area contributed by atoms with Gasteiger partial charge in [-0.05, 0) is 21.0 Å². The summed E-state index contributed by atoms with van der Waals surface area (Å²) in [6.45, 7) is 3.67. The summed E-state index contributed by atoms with van der Waals surface area (Å²) in [5, 5.41) is 4.26. The summed E-state index contributed by atoms with van der Waals surface area (Å²) >= 11 is 0. The Morgan fingerprint density at radius 1 is 1.31 bits per heavy atom. The van der Waals surface area contributed by atoms with E-state index in [0.29, 0.717) is 5.56 Å². The number of likely N-dealkylation sites (N-methyl/N-ethyl adjacent to an activating group) is 2. The lowest BCUT2D eigenvalue weighted by Crippen LogP contribution is -2.30. The second kappa shape index (κ2) is 5.12. The van der Waals surface area contributed by atoms with Gasteiger partial charge in [0.05, 0.1) is 11.3 Å². The minimum atomic E-state index is 0.684. The molecule has 0 unspecified atom stereocenters. The van der Waals surface area contributed by atoms with Crippen LogP contribution in [0.4, 0.5) is 5.82 Å². The molecule has 16 heavy (non-hydrogen) atoms. The molecule has 0 radical (unpaired) electrons. The Hall–Kier alpha value is -1.36. The largest absolute Gasteiger partial charge is 0.358 e. The number of carbonyl (C=O) groups is 1. The fraction of sp³-hybridized carbons (Fsp3) is 0.636. The number of hydrogen-bond acceptors (Lipinski definition) is 4. The van der Waals surface area contributed by atoms with Crippen molar-refractivity contribution >= 4 is 12.1 Å². The highest BCUT2D eigenvalue weighted by Gasteiger charge is 2.15. The molecule has 0 aliphatic carbocycles. The van der Waals surface area contributed by atoms with Crippen LogP contribution in [-0.2, 0) is 7.05 Å². The van der Waals surface area contributed by atoms with Crippen molar-refractivity contribution in [2.24, 2.45) is 7.05 Å². The van der Waals surface area contributed by atoms with Crippen LogP contribution in [0, 0.1) is 6.92 Å². The molecule has 0 spiro atoms. The third-order valence-electron chi connectivity index (χ3n) is 2.60. The molecule has 0 bridgehead atoms. The first-order valence-corrected chi connectivity index (χ1v) is 5.32. The number of nitrogens with zero attached hydrogens (tertiary/aromatic N) is 4. The smallest absolute Gasteiger partial charge is 0.155 e. The van der Waals surface area contributed by atoms with Crippen LogP contribution in [0.25, 0.3) is 0 Å². The van der Waals surface area contributed by atoms with E-state index in [2.05, 4.69) is 14.9 Å². The molecule has 1 rings (SSSR count). The monoisotopic (exact) mass is 224 g/mol. The van der Waals surface area contributed by atoms with Gasteiger partial charge in [0.15, 0.2) is 6.29 Å². The van der Waals surface area contributed by atoms with Gasteiger partial charge in [0.2, 0.25) is 0 Å². The maximum Gasteiger partial charge on any atom is 0.155 e. The van der Waals surface area contributed by atoms with E-state index in [0.717, 1.165) is 30.9 Å². The van der Waals surface area contributed by atoms with Crippen LogP contribution < -0.4 is 4.90 Å². The third-order valence-corrected chi connectivity index (χ3v) is 2.60. The number of aldehydes is 1. The van der Waals surface area contributed by atoms with Gasteiger partial charge in [-0.3, -0.25) is 9.48 Å². The zero-order valence-corrected chi connectivity index (χ0v) is 10.7. The average molecular weight is 224 g/mol. The van der Waals surface area contributed by atoms with Crippen LogP contribution in [-0.4, -0.2) is 55.2 Å². The standard InChI is InChI=1S/C11H20N4O/c1-9-10(8-16)11(15(5)12-9)14(4)7-6-13(2)3/h8H,6-7H2,1-5H3. The molecule has 90 valence electrons. The van der Waals surface area contributed by atoms with E-state index in [1.807, 2.05) is 35.1 Å². The highest BCUT2D eigenvalue weighted by molar-refractivity contribution is 5.84. The number of aryl methyl sites for hydroxylation is 2. The molecule has 0 amide bonds. The first-order valence-electron chi connectivity index (χ1n) is 5.32. The summed E-state index contributed by atoms with van der Waals surface area (Å²) in [5.41, 5.74) is 1.47. The van der Waals surface area contributed by atoms with Gasteiger partial charge < -0.3 is 9.80 Å². The lowest BCUT2D eigenvalue weighted by atomic mass is 10.2. The molecule has 0 saturated heterocycles. The zero-order valence-electron chi connectivity index (χ0n) is 10.7. The SMILES string of the molecule is Cc1nn(C)c(N(C)CCN(C)C)c1C=O. The van der Waals surface area contributed by atoms with Crippen molar-refractivity contribution in [2.45, 2.75) is 6.92 Å². The Morgan fingerprint density at radius 3 is 2.44 bits per heavy atom. The normalized spacial score (nSPS) is 10.9. The van der Waals surface area contributed by atoms with Crippen molar-refractivity contribution in [1.82, 2.24) is 14.7 Å². The van der Waals surface area contributed by atoms with E-state index in [4.69, 9.17) is 0 Å². The lowest BCUT2D eigenvalue weighted by molar-refractivity contribution is 0.112. The topological polar surface area (TPSA) is 41.4 Å². The minimum Gasteiger partial charge on any atom is -0.358 e. The Balaban J connectivity index is 2.89. The second-order valence-electron chi connectivity index (χ2n) is 4.29. The van der Waals surface area contributed by atoms with E-state index >= 15 is 0 Å². The van der Waals surface area contributed by atoms with E-state index in [1.165, 1.54) is 0 Å². The molecule has 1 heterocycles. The molecule has 5 nitrogen and oxygen atoms in total. The van der Waals surface area contributed by atoms with Gasteiger partial charge >= 0.3 is 0 Å². The number of hydrogen-bond donors (Lipinski definition) is 0. The Labute approximate surface area is 96.6 Å². The third kappa shape index (κ3) is 2.61. The van der Waals surface area contributed by atoms with Gasteiger partial charge in [-0.2, -0.15) is 5.10 Å². The van der Waals surface area contributed by atoms with E-state index in [1.54, 1.807) is 4.68 Å². The minimum absolute atomic E-state index is 0.684. The lowest BCUT2D eigenvalue weighted by Gasteiger charge is -2.21. The molecule has 1 aromatic rings. The van der Waals surface area contributed by atoms with Crippen molar-refractivity contribution in [1.29, 1.82) is 0 Å².